The van der Waals surface area contributed by atoms with E-state index in [0.717, 1.165) is 12.8 Å². The molecule has 43 heavy (non-hydrogen) atoms. The van der Waals surface area contributed by atoms with Crippen LogP contribution in [0.25, 0.3) is 0 Å². The molecule has 0 aliphatic carbocycles. The molecule has 0 amide bonds. The molecule has 3 unspecified atom stereocenters. The molecular weight excluding hydrogens is 552 g/mol. The molecule has 0 aromatic heterocycles. The van der Waals surface area contributed by atoms with Crippen LogP contribution in [0.5, 0.6) is 0 Å². The van der Waals surface area contributed by atoms with Crippen LogP contribution in [0, 0.1) is 16.7 Å². The average Bonchev–Trinajstić information content (AvgIpc) is 2.96. The summed E-state index contributed by atoms with van der Waals surface area (Å²) < 4.78 is 11.0. The number of esters is 2. The highest BCUT2D eigenvalue weighted by Gasteiger charge is 2.38. The Labute approximate surface area is 261 Å². The van der Waals surface area contributed by atoms with Crippen LogP contribution in [0.2, 0.25) is 0 Å². The second-order valence-corrected chi connectivity index (χ2v) is 12.6. The monoisotopic (exact) mass is 614 g/mol. The van der Waals surface area contributed by atoms with Crippen molar-refractivity contribution in [1.29, 1.82) is 0 Å². The van der Waals surface area contributed by atoms with Crippen LogP contribution in [0.1, 0.15) is 125 Å². The molecule has 0 aromatic carbocycles. The third kappa shape index (κ3) is 20.6. The summed E-state index contributed by atoms with van der Waals surface area (Å²) in [6, 6.07) is 0. The molecule has 9 nitrogen and oxygen atoms in total. The molecular formula is C34H62O9. The lowest BCUT2D eigenvalue weighted by Gasteiger charge is -2.32. The van der Waals surface area contributed by atoms with Gasteiger partial charge in [0, 0.05) is 0 Å². The van der Waals surface area contributed by atoms with Gasteiger partial charge in [0.15, 0.2) is 5.76 Å². The Hall–Kier alpha value is -1.94. The van der Waals surface area contributed by atoms with Crippen LogP contribution in [-0.4, -0.2) is 56.2 Å². The largest absolute Gasteiger partial charge is 0.465 e. The van der Waals surface area contributed by atoms with Crippen LogP contribution >= 0.6 is 0 Å². The summed E-state index contributed by atoms with van der Waals surface area (Å²) in [6.07, 6.45) is 14.6. The summed E-state index contributed by atoms with van der Waals surface area (Å²) in [7, 11) is 0. The summed E-state index contributed by atoms with van der Waals surface area (Å²) >= 11 is 0. The first-order chi connectivity index (χ1) is 20.4. The highest BCUT2D eigenvalue weighted by Crippen LogP contribution is 2.37. The third-order valence-corrected chi connectivity index (χ3v) is 7.55. The molecule has 0 bridgehead atoms. The molecule has 1 N–H and O–H groups in total. The number of rotatable bonds is 29. The van der Waals surface area contributed by atoms with Crippen LogP contribution in [0.15, 0.2) is 25.0 Å². The zero-order valence-electron chi connectivity index (χ0n) is 28.1. The van der Waals surface area contributed by atoms with Crippen LogP contribution in [0.3, 0.4) is 0 Å². The molecule has 0 spiro atoms. The number of aliphatic hydroxyl groups excluding tert-OH is 1. The van der Waals surface area contributed by atoms with E-state index in [-0.39, 0.29) is 44.1 Å². The molecule has 9 heteroatoms. The standard InChI is InChI=1S/C34H62O9/c1-9-12-13-14-15-16-17-18-19-20-22-38-32(37)34(8,11-3)24-28(4)23-33(6,7)31(36)39-26-30(35)27-42-43-29(5)25-41-40-21-10-2/h10,28,30,35H,2,5,9,11-27H2,1,3-4,6-8H3. The summed E-state index contributed by atoms with van der Waals surface area (Å²) in [6.45, 7) is 19.1. The van der Waals surface area contributed by atoms with Gasteiger partial charge in [-0.05, 0) is 52.4 Å². The van der Waals surface area contributed by atoms with Crippen molar-refractivity contribution in [1.82, 2.24) is 0 Å². The van der Waals surface area contributed by atoms with Gasteiger partial charge in [-0.1, -0.05) is 91.2 Å². The maximum atomic E-state index is 13.0. The van der Waals surface area contributed by atoms with Crippen molar-refractivity contribution in [2.75, 3.05) is 33.0 Å². The molecule has 0 saturated carbocycles. The molecule has 3 atom stereocenters. The van der Waals surface area contributed by atoms with Gasteiger partial charge in [0.25, 0.3) is 0 Å². The van der Waals surface area contributed by atoms with Crippen LogP contribution in [-0.2, 0) is 38.6 Å². The van der Waals surface area contributed by atoms with Gasteiger partial charge in [0.1, 0.15) is 32.5 Å². The Morgan fingerprint density at radius 1 is 0.814 bits per heavy atom. The fourth-order valence-electron chi connectivity index (χ4n) is 4.94. The Bertz CT molecular complexity index is 767. The summed E-state index contributed by atoms with van der Waals surface area (Å²) in [5.74, 6) is -0.381. The van der Waals surface area contributed by atoms with E-state index >= 15 is 0 Å². The van der Waals surface area contributed by atoms with Crippen molar-refractivity contribution >= 4 is 11.9 Å². The van der Waals surface area contributed by atoms with Gasteiger partial charge in [-0.2, -0.15) is 4.89 Å². The Kier molecular flexibility index (Phi) is 23.3. The van der Waals surface area contributed by atoms with E-state index in [0.29, 0.717) is 25.9 Å². The topological polar surface area (TPSA) is 110 Å². The number of ether oxygens (including phenoxy) is 2. The van der Waals surface area contributed by atoms with E-state index in [2.05, 4.69) is 20.1 Å². The molecule has 0 aromatic rings. The molecule has 252 valence electrons. The average molecular weight is 615 g/mol. The van der Waals surface area contributed by atoms with E-state index in [9.17, 15) is 14.7 Å². The fourth-order valence-corrected chi connectivity index (χ4v) is 4.94. The Morgan fingerprint density at radius 2 is 1.42 bits per heavy atom. The zero-order chi connectivity index (χ0) is 32.6. The second-order valence-electron chi connectivity index (χ2n) is 12.6. The van der Waals surface area contributed by atoms with Crippen molar-refractivity contribution in [3.05, 3.63) is 25.0 Å². The van der Waals surface area contributed by atoms with Crippen molar-refractivity contribution in [3.63, 3.8) is 0 Å². The van der Waals surface area contributed by atoms with Gasteiger partial charge in [-0.25, -0.2) is 9.78 Å². The first-order valence-corrected chi connectivity index (χ1v) is 16.3. The van der Waals surface area contributed by atoms with Crippen molar-refractivity contribution in [2.45, 2.75) is 131 Å². The first-order valence-electron chi connectivity index (χ1n) is 16.3. The van der Waals surface area contributed by atoms with E-state index < -0.39 is 22.9 Å². The lowest BCUT2D eigenvalue weighted by molar-refractivity contribution is -0.317. The first kappa shape index (κ1) is 41.1. The predicted molar refractivity (Wildman–Crippen MR) is 169 cm³/mol. The number of unbranched alkanes of at least 4 members (excludes halogenated alkanes) is 9. The number of carbonyl (C=O) groups is 2. The van der Waals surface area contributed by atoms with Gasteiger partial charge >= 0.3 is 11.9 Å². The van der Waals surface area contributed by atoms with E-state index in [1.807, 2.05) is 34.6 Å². The second kappa shape index (κ2) is 24.4. The van der Waals surface area contributed by atoms with E-state index in [4.69, 9.17) is 29.0 Å². The molecule has 0 aliphatic heterocycles. The maximum Gasteiger partial charge on any atom is 0.311 e. The fraction of sp³-hybridized carbons (Fsp3) is 0.824. The minimum absolute atomic E-state index is 0.0561. The summed E-state index contributed by atoms with van der Waals surface area (Å²) in [4.78, 5) is 45.2. The van der Waals surface area contributed by atoms with Gasteiger partial charge in [0.2, 0.25) is 0 Å². The molecule has 0 heterocycles. The van der Waals surface area contributed by atoms with E-state index in [1.54, 1.807) is 0 Å². The number of hydrogen-bond acceptors (Lipinski definition) is 9. The maximum absolute atomic E-state index is 13.0. The van der Waals surface area contributed by atoms with Crippen molar-refractivity contribution < 1.29 is 43.7 Å². The molecule has 0 fully saturated rings. The number of aliphatic hydroxyl groups is 1. The lowest BCUT2D eigenvalue weighted by atomic mass is 9.74. The van der Waals surface area contributed by atoms with Crippen LogP contribution in [0.4, 0.5) is 0 Å². The van der Waals surface area contributed by atoms with E-state index in [1.165, 1.54) is 57.4 Å². The number of carbonyl (C=O) groups excluding carboxylic acids is 2. The minimum Gasteiger partial charge on any atom is -0.465 e. The number of hydrogen-bond donors (Lipinski definition) is 1. The molecule has 0 aliphatic rings. The predicted octanol–water partition coefficient (Wildman–Crippen LogP) is 7.81. The van der Waals surface area contributed by atoms with Gasteiger partial charge in [-0.15, -0.1) is 6.58 Å². The highest BCUT2D eigenvalue weighted by atomic mass is 17.2. The third-order valence-electron chi connectivity index (χ3n) is 7.55. The van der Waals surface area contributed by atoms with Crippen molar-refractivity contribution in [3.8, 4) is 0 Å². The lowest BCUT2D eigenvalue weighted by Crippen LogP contribution is -2.35. The quantitative estimate of drug-likeness (QED) is 0.0225. The molecule has 0 saturated heterocycles. The summed E-state index contributed by atoms with van der Waals surface area (Å²) in [5.41, 5.74) is -1.42. The van der Waals surface area contributed by atoms with Crippen molar-refractivity contribution in [2.24, 2.45) is 16.7 Å². The summed E-state index contributed by atoms with van der Waals surface area (Å²) in [5, 5.41) is 10.1. The van der Waals surface area contributed by atoms with Crippen LogP contribution < -0.4 is 0 Å². The Morgan fingerprint density at radius 3 is 2.00 bits per heavy atom. The van der Waals surface area contributed by atoms with Gasteiger partial charge in [-0.3, -0.25) is 9.59 Å². The highest BCUT2D eigenvalue weighted by molar-refractivity contribution is 5.77. The SMILES string of the molecule is C=CCOOCC(=C)OOCC(O)COC(=O)C(C)(C)CC(C)CC(C)(CC)C(=O)OCCCCCCCCCCCC. The molecule has 0 radical (unpaired) electrons. The normalized spacial score (nSPS) is 14.4. The van der Waals surface area contributed by atoms with Gasteiger partial charge in [0.05, 0.1) is 17.4 Å². The Balaban J connectivity index is 4.34. The molecule has 0 rings (SSSR count). The minimum atomic E-state index is -1.09. The van der Waals surface area contributed by atoms with Gasteiger partial charge < -0.3 is 19.5 Å². The zero-order valence-corrected chi connectivity index (χ0v) is 28.1. The smallest absolute Gasteiger partial charge is 0.311 e.